The summed E-state index contributed by atoms with van der Waals surface area (Å²) in [5, 5.41) is 27.7. The predicted octanol–water partition coefficient (Wildman–Crippen LogP) is 0.0332. The van der Waals surface area contributed by atoms with Crippen molar-refractivity contribution >= 4 is 0 Å². The Morgan fingerprint density at radius 1 is 0.727 bits per heavy atom. The maximum absolute atomic E-state index is 9.25. The molecule has 11 heavy (non-hydrogen) atoms. The molecule has 0 bridgehead atoms. The lowest BCUT2D eigenvalue weighted by Crippen LogP contribution is -2.38. The number of aliphatic hydroxyl groups is 3. The molecule has 0 aliphatic heterocycles. The Hall–Kier alpha value is -0.120. The highest BCUT2D eigenvalue weighted by Gasteiger charge is 2.25. The van der Waals surface area contributed by atoms with Crippen LogP contribution in [0.15, 0.2) is 0 Å². The maximum Gasteiger partial charge on any atom is 0.106 e. The topological polar surface area (TPSA) is 60.7 Å². The van der Waals surface area contributed by atoms with Gasteiger partial charge in [-0.05, 0) is 12.8 Å². The summed E-state index contributed by atoms with van der Waals surface area (Å²) in [5.74, 6) is 0. The van der Waals surface area contributed by atoms with Gasteiger partial charge in [-0.15, -0.1) is 0 Å². The molecule has 0 aromatic carbocycles. The molecule has 0 unspecified atom stereocenters. The second-order valence-electron chi connectivity index (χ2n) is 3.26. The molecule has 0 aromatic heterocycles. The van der Waals surface area contributed by atoms with Gasteiger partial charge in [0.25, 0.3) is 0 Å². The summed E-state index contributed by atoms with van der Waals surface area (Å²) >= 11 is 0. The van der Waals surface area contributed by atoms with E-state index < -0.39 is 18.3 Å². The molecular weight excluding hydrogens is 144 g/mol. The van der Waals surface area contributed by atoms with E-state index in [4.69, 9.17) is 0 Å². The van der Waals surface area contributed by atoms with E-state index in [1.807, 2.05) is 0 Å². The van der Waals surface area contributed by atoms with Gasteiger partial charge in [-0.3, -0.25) is 0 Å². The summed E-state index contributed by atoms with van der Waals surface area (Å²) in [5.41, 5.74) is 0. The molecule has 0 heterocycles. The van der Waals surface area contributed by atoms with Gasteiger partial charge in [0.2, 0.25) is 0 Å². The Morgan fingerprint density at radius 2 is 1.18 bits per heavy atom. The van der Waals surface area contributed by atoms with E-state index in [1.54, 1.807) is 0 Å². The van der Waals surface area contributed by atoms with Gasteiger partial charge in [-0.25, -0.2) is 0 Å². The van der Waals surface area contributed by atoms with Crippen LogP contribution < -0.4 is 0 Å². The lowest BCUT2D eigenvalue weighted by molar-refractivity contribution is -0.0698. The zero-order valence-electron chi connectivity index (χ0n) is 6.61. The van der Waals surface area contributed by atoms with E-state index in [9.17, 15) is 15.3 Å². The monoisotopic (exact) mass is 160 g/mol. The largest absolute Gasteiger partial charge is 0.390 e. The van der Waals surface area contributed by atoms with Gasteiger partial charge in [0.15, 0.2) is 0 Å². The SMILES string of the molecule is OC1[C@@H](O)CCCCC[C@@H]1O. The number of rotatable bonds is 0. The van der Waals surface area contributed by atoms with Crippen molar-refractivity contribution in [3.63, 3.8) is 0 Å². The predicted molar refractivity (Wildman–Crippen MR) is 41.1 cm³/mol. The normalized spacial score (nSPS) is 36.3. The van der Waals surface area contributed by atoms with Crippen LogP contribution in [0.1, 0.15) is 32.1 Å². The minimum atomic E-state index is -0.935. The average molecular weight is 160 g/mol. The van der Waals surface area contributed by atoms with Crippen molar-refractivity contribution in [3.8, 4) is 0 Å². The first-order valence-electron chi connectivity index (χ1n) is 4.26. The molecule has 1 saturated carbocycles. The molecule has 0 saturated heterocycles. The highest BCUT2D eigenvalue weighted by Crippen LogP contribution is 2.17. The van der Waals surface area contributed by atoms with Gasteiger partial charge >= 0.3 is 0 Å². The molecule has 0 spiro atoms. The summed E-state index contributed by atoms with van der Waals surface area (Å²) < 4.78 is 0. The maximum atomic E-state index is 9.25. The number of hydrogen-bond acceptors (Lipinski definition) is 3. The molecule has 1 rings (SSSR count). The van der Waals surface area contributed by atoms with Crippen LogP contribution in [0.2, 0.25) is 0 Å². The fourth-order valence-electron chi connectivity index (χ4n) is 1.48. The molecule has 3 N–H and O–H groups in total. The third kappa shape index (κ3) is 2.43. The zero-order valence-corrected chi connectivity index (χ0v) is 6.61. The molecule has 3 heteroatoms. The molecule has 0 aromatic rings. The van der Waals surface area contributed by atoms with Crippen LogP contribution in [0.4, 0.5) is 0 Å². The molecule has 1 aliphatic carbocycles. The van der Waals surface area contributed by atoms with Gasteiger partial charge in [0, 0.05) is 0 Å². The Labute approximate surface area is 66.7 Å². The van der Waals surface area contributed by atoms with Crippen LogP contribution >= 0.6 is 0 Å². The van der Waals surface area contributed by atoms with Crippen molar-refractivity contribution in [2.75, 3.05) is 0 Å². The van der Waals surface area contributed by atoms with Crippen molar-refractivity contribution in [1.29, 1.82) is 0 Å². The first kappa shape index (κ1) is 8.97. The molecule has 2 atom stereocenters. The molecule has 1 fully saturated rings. The van der Waals surface area contributed by atoms with Gasteiger partial charge in [-0.1, -0.05) is 19.3 Å². The third-order valence-corrected chi connectivity index (χ3v) is 2.29. The second-order valence-corrected chi connectivity index (χ2v) is 3.26. The smallest absolute Gasteiger partial charge is 0.106 e. The molecule has 0 radical (unpaired) electrons. The van der Waals surface area contributed by atoms with Crippen LogP contribution in [-0.4, -0.2) is 33.6 Å². The fourth-order valence-corrected chi connectivity index (χ4v) is 1.48. The minimum absolute atomic E-state index is 0.609. The van der Waals surface area contributed by atoms with Crippen LogP contribution in [0.3, 0.4) is 0 Å². The summed E-state index contributed by atoms with van der Waals surface area (Å²) in [6.07, 6.45) is 1.76. The molecular formula is C8H16O3. The van der Waals surface area contributed by atoms with Crippen molar-refractivity contribution in [1.82, 2.24) is 0 Å². The zero-order chi connectivity index (χ0) is 8.27. The minimum Gasteiger partial charge on any atom is -0.390 e. The van der Waals surface area contributed by atoms with Crippen LogP contribution in [-0.2, 0) is 0 Å². The van der Waals surface area contributed by atoms with E-state index >= 15 is 0 Å². The quantitative estimate of drug-likeness (QED) is 0.468. The van der Waals surface area contributed by atoms with E-state index in [0.717, 1.165) is 19.3 Å². The molecule has 3 nitrogen and oxygen atoms in total. The van der Waals surface area contributed by atoms with Gasteiger partial charge < -0.3 is 15.3 Å². The number of hydrogen-bond donors (Lipinski definition) is 3. The second kappa shape index (κ2) is 4.04. The highest BCUT2D eigenvalue weighted by molar-refractivity contribution is 4.77. The van der Waals surface area contributed by atoms with Crippen molar-refractivity contribution < 1.29 is 15.3 Å². The Balaban J connectivity index is 2.42. The van der Waals surface area contributed by atoms with Crippen molar-refractivity contribution in [3.05, 3.63) is 0 Å². The van der Waals surface area contributed by atoms with E-state index in [2.05, 4.69) is 0 Å². The van der Waals surface area contributed by atoms with Gasteiger partial charge in [0.05, 0.1) is 12.2 Å². The van der Waals surface area contributed by atoms with Crippen molar-refractivity contribution in [2.45, 2.75) is 50.4 Å². The summed E-state index contributed by atoms with van der Waals surface area (Å²) in [4.78, 5) is 0. The Kier molecular flexibility index (Phi) is 3.30. The number of aliphatic hydroxyl groups excluding tert-OH is 3. The van der Waals surface area contributed by atoms with E-state index in [1.165, 1.54) is 0 Å². The standard InChI is InChI=1S/C8H16O3/c9-6-4-2-1-3-5-7(10)8(6)11/h6-11H,1-5H2/t6-,7-/m0/s1. The highest BCUT2D eigenvalue weighted by atomic mass is 16.4. The van der Waals surface area contributed by atoms with Crippen molar-refractivity contribution in [2.24, 2.45) is 0 Å². The van der Waals surface area contributed by atoms with Crippen LogP contribution in [0, 0.1) is 0 Å². The average Bonchev–Trinajstić information content (AvgIpc) is 2.00. The van der Waals surface area contributed by atoms with Gasteiger partial charge in [-0.2, -0.15) is 0 Å². The summed E-state index contributed by atoms with van der Waals surface area (Å²) in [6.45, 7) is 0. The van der Waals surface area contributed by atoms with Crippen LogP contribution in [0.5, 0.6) is 0 Å². The molecule has 0 amide bonds. The molecule has 1 aliphatic rings. The fraction of sp³-hybridized carbons (Fsp3) is 1.00. The Morgan fingerprint density at radius 3 is 1.64 bits per heavy atom. The summed E-state index contributed by atoms with van der Waals surface area (Å²) in [7, 11) is 0. The summed E-state index contributed by atoms with van der Waals surface area (Å²) in [6, 6.07) is 0. The van der Waals surface area contributed by atoms with E-state index in [0.29, 0.717) is 12.8 Å². The molecule has 66 valence electrons. The first-order valence-corrected chi connectivity index (χ1v) is 4.26. The Bertz CT molecular complexity index is 104. The third-order valence-electron chi connectivity index (χ3n) is 2.29. The lowest BCUT2D eigenvalue weighted by Gasteiger charge is -2.25. The van der Waals surface area contributed by atoms with Gasteiger partial charge in [0.1, 0.15) is 6.10 Å². The lowest BCUT2D eigenvalue weighted by atomic mass is 9.94. The first-order chi connectivity index (χ1) is 5.22. The van der Waals surface area contributed by atoms with E-state index in [-0.39, 0.29) is 0 Å². The van der Waals surface area contributed by atoms with Crippen LogP contribution in [0.25, 0.3) is 0 Å².